The Morgan fingerprint density at radius 1 is 0.705 bits per heavy atom. The van der Waals surface area contributed by atoms with Gasteiger partial charge in [-0.05, 0) is 89.6 Å². The zero-order valence-electron chi connectivity index (χ0n) is 34.8. The van der Waals surface area contributed by atoms with Crippen molar-refractivity contribution in [2.45, 2.75) is 102 Å². The Morgan fingerprint density at radius 2 is 1.21 bits per heavy atom. The van der Waals surface area contributed by atoms with E-state index >= 15 is 0 Å². The summed E-state index contributed by atoms with van der Waals surface area (Å²) in [7, 11) is 2.74. The number of methoxy groups -OCH3 is 2. The van der Waals surface area contributed by atoms with Crippen molar-refractivity contribution in [3.63, 3.8) is 0 Å². The van der Waals surface area contributed by atoms with Crippen molar-refractivity contribution in [1.29, 1.82) is 0 Å². The molecule has 15 N–H and O–H groups in total. The number of nitrogen functional groups attached to an aromatic ring is 2. The number of aromatic nitrogens is 2. The lowest BCUT2D eigenvalue weighted by Crippen LogP contribution is -2.57. The topological polar surface area (TPSA) is 378 Å². The number of carbonyl (C=O) groups is 7. The Kier molecular flexibility index (Phi) is 21.5. The third-order valence-electron chi connectivity index (χ3n) is 9.12. The number of aliphatic carboxylic acids is 2. The summed E-state index contributed by atoms with van der Waals surface area (Å²) >= 11 is 0. The number of rotatable bonds is 28. The largest absolute Gasteiger partial charge is 0.493 e. The summed E-state index contributed by atoms with van der Waals surface area (Å²) in [5.41, 5.74) is 23.9. The van der Waals surface area contributed by atoms with E-state index in [1.54, 1.807) is 12.1 Å². The summed E-state index contributed by atoms with van der Waals surface area (Å²) < 4.78 is 16.7. The molecule has 5 unspecified atom stereocenters. The molecule has 0 fully saturated rings. The normalized spacial score (nSPS) is 13.3. The first-order chi connectivity index (χ1) is 28.9. The van der Waals surface area contributed by atoms with Crippen molar-refractivity contribution >= 4 is 53.2 Å². The Balaban J connectivity index is 2.09. The van der Waals surface area contributed by atoms with E-state index in [0.29, 0.717) is 49.9 Å². The molecular formula is C38H59N11O12. The van der Waals surface area contributed by atoms with E-state index in [1.165, 1.54) is 34.3 Å². The molecule has 1 heterocycles. The van der Waals surface area contributed by atoms with E-state index in [1.807, 2.05) is 0 Å². The van der Waals surface area contributed by atoms with Crippen LogP contribution in [0.2, 0.25) is 0 Å². The summed E-state index contributed by atoms with van der Waals surface area (Å²) in [5.74, 6) is -5.95. The van der Waals surface area contributed by atoms with E-state index < -0.39 is 84.7 Å². The molecule has 0 saturated heterocycles. The van der Waals surface area contributed by atoms with Crippen LogP contribution in [0.4, 0.5) is 11.8 Å². The minimum Gasteiger partial charge on any atom is -0.493 e. The standard InChI is InChI=1S/C38H59N11O12/c1-20(33(53)44-21(2)34(54)47-24(9-5-7-13-39)36(56)48-26(37(57)58)10-6-8-14-40)45-35(55)25(11-12-30(51)52)46-29(50)19-61-31-27(59-3)16-22(17-28(31)60-4)15-23-18-43-38(42)49-32(23)41/h16-18,20-21,24-26H,5-15,19,39-40H2,1-4H3,(H,44,53)(H,45,55)(H,46,50)(H,47,54)(H,48,56)(H,51,52)(H,57,58)(H4,41,42,43,49). The van der Waals surface area contributed by atoms with Crippen LogP contribution in [0.25, 0.3) is 0 Å². The summed E-state index contributed by atoms with van der Waals surface area (Å²) in [4.78, 5) is 96.8. The molecule has 0 spiro atoms. The van der Waals surface area contributed by atoms with Crippen molar-refractivity contribution < 1.29 is 58.0 Å². The predicted octanol–water partition coefficient (Wildman–Crippen LogP) is -1.70. The van der Waals surface area contributed by atoms with Gasteiger partial charge in [-0.3, -0.25) is 28.8 Å². The molecule has 1 aromatic heterocycles. The number of anilines is 2. The fourth-order valence-electron chi connectivity index (χ4n) is 5.74. The fraction of sp³-hybridized carbons (Fsp3) is 0.553. The van der Waals surface area contributed by atoms with Crippen LogP contribution in [-0.4, -0.2) is 126 Å². The summed E-state index contributed by atoms with van der Waals surface area (Å²) in [6.07, 6.45) is 3.11. The molecule has 1 aromatic carbocycles. The predicted molar refractivity (Wildman–Crippen MR) is 220 cm³/mol. The third kappa shape index (κ3) is 17.3. The number of amides is 5. The van der Waals surface area contributed by atoms with Gasteiger partial charge in [-0.2, -0.15) is 4.98 Å². The highest BCUT2D eigenvalue weighted by molar-refractivity contribution is 5.96. The highest BCUT2D eigenvalue weighted by Gasteiger charge is 2.30. The van der Waals surface area contributed by atoms with Crippen LogP contribution in [0.5, 0.6) is 17.2 Å². The Morgan fingerprint density at radius 3 is 1.74 bits per heavy atom. The van der Waals surface area contributed by atoms with E-state index in [4.69, 9.17) is 37.1 Å². The molecule has 338 valence electrons. The SMILES string of the molecule is COc1cc(Cc2cnc(N)nc2N)cc(OC)c1OCC(=O)NC(CCC(=O)O)C(=O)NC(C)C(=O)NC(C)C(=O)NC(CCCCN)C(=O)NC(CCCCN)C(=O)O. The van der Waals surface area contributed by atoms with E-state index in [2.05, 4.69) is 36.6 Å². The third-order valence-corrected chi connectivity index (χ3v) is 9.12. The Hall–Kier alpha value is -6.49. The van der Waals surface area contributed by atoms with E-state index in [9.17, 15) is 43.8 Å². The average molecular weight is 862 g/mol. The summed E-state index contributed by atoms with van der Waals surface area (Å²) in [5, 5.41) is 31.1. The number of nitrogens with one attached hydrogen (secondary N) is 5. The second-order valence-corrected chi connectivity index (χ2v) is 14.0. The maximum atomic E-state index is 13.3. The summed E-state index contributed by atoms with van der Waals surface area (Å²) in [6, 6.07) is -3.07. The molecule has 5 atom stereocenters. The van der Waals surface area contributed by atoms with Crippen molar-refractivity contribution in [3.05, 3.63) is 29.5 Å². The number of nitrogens with zero attached hydrogens (tertiary/aromatic N) is 2. The molecule has 5 amide bonds. The maximum Gasteiger partial charge on any atom is 0.326 e. The van der Waals surface area contributed by atoms with Crippen LogP contribution in [0.15, 0.2) is 18.3 Å². The summed E-state index contributed by atoms with van der Waals surface area (Å²) in [6.45, 7) is 2.65. The van der Waals surface area contributed by atoms with Gasteiger partial charge in [0.1, 0.15) is 36.0 Å². The molecule has 2 rings (SSSR count). The molecule has 0 saturated carbocycles. The lowest BCUT2D eigenvalue weighted by molar-refractivity contribution is -0.142. The van der Waals surface area contributed by atoms with Gasteiger partial charge in [0.2, 0.25) is 35.3 Å². The van der Waals surface area contributed by atoms with Crippen molar-refractivity contribution in [3.8, 4) is 17.2 Å². The average Bonchev–Trinajstić information content (AvgIpc) is 3.21. The molecular weight excluding hydrogens is 802 g/mol. The van der Waals surface area contributed by atoms with Gasteiger partial charge in [-0.15, -0.1) is 0 Å². The van der Waals surface area contributed by atoms with Gasteiger partial charge in [0, 0.05) is 24.6 Å². The number of nitrogens with two attached hydrogens (primary N) is 4. The quantitative estimate of drug-likeness (QED) is 0.0425. The first kappa shape index (κ1) is 50.7. The number of hydrogen-bond donors (Lipinski definition) is 11. The molecule has 23 heteroatoms. The fourth-order valence-corrected chi connectivity index (χ4v) is 5.74. The molecule has 0 aliphatic carbocycles. The highest BCUT2D eigenvalue weighted by atomic mass is 16.5. The monoisotopic (exact) mass is 861 g/mol. The van der Waals surface area contributed by atoms with Crippen LogP contribution >= 0.6 is 0 Å². The van der Waals surface area contributed by atoms with E-state index in [-0.39, 0.29) is 54.7 Å². The van der Waals surface area contributed by atoms with Gasteiger partial charge >= 0.3 is 11.9 Å². The minimum atomic E-state index is -1.43. The second kappa shape index (κ2) is 25.9. The van der Waals surface area contributed by atoms with Crippen molar-refractivity contribution in [1.82, 2.24) is 36.6 Å². The van der Waals surface area contributed by atoms with Crippen LogP contribution in [-0.2, 0) is 40.0 Å². The van der Waals surface area contributed by atoms with Gasteiger partial charge < -0.3 is 73.9 Å². The van der Waals surface area contributed by atoms with E-state index in [0.717, 1.165) is 0 Å². The maximum absolute atomic E-state index is 13.3. The van der Waals surface area contributed by atoms with Crippen LogP contribution in [0, 0.1) is 0 Å². The van der Waals surface area contributed by atoms with Gasteiger partial charge in [0.25, 0.3) is 5.91 Å². The number of carbonyl (C=O) groups excluding carboxylic acids is 5. The van der Waals surface area contributed by atoms with Crippen LogP contribution < -0.4 is 63.7 Å². The van der Waals surface area contributed by atoms with Gasteiger partial charge in [0.05, 0.1) is 14.2 Å². The van der Waals surface area contributed by atoms with Crippen molar-refractivity contribution in [2.75, 3.05) is 45.4 Å². The molecule has 61 heavy (non-hydrogen) atoms. The number of unbranched alkanes of at least 4 members (excludes halogenated alkanes) is 2. The minimum absolute atomic E-state index is 0.0164. The number of carboxylic acid groups (broad SMARTS) is 2. The van der Waals surface area contributed by atoms with Crippen LogP contribution in [0.3, 0.4) is 0 Å². The molecule has 23 nitrogen and oxygen atoms in total. The first-order valence-electron chi connectivity index (χ1n) is 19.5. The van der Waals surface area contributed by atoms with Gasteiger partial charge in [-0.25, -0.2) is 9.78 Å². The zero-order valence-corrected chi connectivity index (χ0v) is 34.8. The number of benzene rings is 1. The zero-order chi connectivity index (χ0) is 45.6. The lowest BCUT2D eigenvalue weighted by atomic mass is 10.1. The number of carboxylic acids is 2. The smallest absolute Gasteiger partial charge is 0.326 e. The lowest BCUT2D eigenvalue weighted by Gasteiger charge is -2.24. The molecule has 2 aromatic rings. The molecule has 0 aliphatic rings. The Labute approximate surface area is 352 Å². The number of hydrogen-bond acceptors (Lipinski definition) is 16. The van der Waals surface area contributed by atoms with Crippen molar-refractivity contribution in [2.24, 2.45) is 11.5 Å². The molecule has 0 aliphatic heterocycles. The molecule has 0 bridgehead atoms. The van der Waals surface area contributed by atoms with Crippen LogP contribution in [0.1, 0.15) is 76.3 Å². The number of ether oxygens (including phenoxy) is 3. The first-order valence-corrected chi connectivity index (χ1v) is 19.5. The Bertz CT molecular complexity index is 1810. The molecule has 0 radical (unpaired) electrons. The van der Waals surface area contributed by atoms with Gasteiger partial charge in [-0.1, -0.05) is 0 Å². The van der Waals surface area contributed by atoms with Gasteiger partial charge in [0.15, 0.2) is 18.1 Å². The second-order valence-electron chi connectivity index (χ2n) is 14.0. The highest BCUT2D eigenvalue weighted by Crippen LogP contribution is 2.39.